The highest BCUT2D eigenvalue weighted by Gasteiger charge is 2.39. The van der Waals surface area contributed by atoms with Crippen LogP contribution in [0.1, 0.15) is 6.92 Å². The van der Waals surface area contributed by atoms with E-state index in [1.807, 2.05) is 6.92 Å². The molecule has 16 heavy (non-hydrogen) atoms. The van der Waals surface area contributed by atoms with Crippen LogP contribution in [-0.4, -0.2) is 36.5 Å². The summed E-state index contributed by atoms with van der Waals surface area (Å²) in [7, 11) is -5.13. The van der Waals surface area contributed by atoms with Gasteiger partial charge in [-0.1, -0.05) is 0 Å². The lowest BCUT2D eigenvalue weighted by atomic mass is 10.7. The highest BCUT2D eigenvalue weighted by atomic mass is 28.5. The van der Waals surface area contributed by atoms with E-state index in [9.17, 15) is 13.2 Å². The SMILES string of the molecule is CCO[Si](C)(C)O[Si](C)(C)OCC(F)(F)F. The predicted octanol–water partition coefficient (Wildman–Crippen LogP) is 3.02. The Morgan fingerprint density at radius 2 is 1.38 bits per heavy atom. The van der Waals surface area contributed by atoms with E-state index in [0.717, 1.165) is 0 Å². The molecule has 3 nitrogen and oxygen atoms in total. The number of halogens is 3. The zero-order valence-electron chi connectivity index (χ0n) is 10.3. The maximum Gasteiger partial charge on any atom is 0.410 e. The summed E-state index contributed by atoms with van der Waals surface area (Å²) in [6.07, 6.45) is -4.31. The molecule has 0 fully saturated rings. The molecule has 0 saturated carbocycles. The van der Waals surface area contributed by atoms with Gasteiger partial charge in [-0.3, -0.25) is 0 Å². The molecule has 0 rings (SSSR count). The zero-order valence-corrected chi connectivity index (χ0v) is 12.3. The quantitative estimate of drug-likeness (QED) is 0.698. The molecule has 0 N–H and O–H groups in total. The summed E-state index contributed by atoms with van der Waals surface area (Å²) in [5.41, 5.74) is 0. The largest absolute Gasteiger partial charge is 0.415 e. The standard InChI is InChI=1S/C8H19F3O3Si2/c1-6-12-15(2,3)14-16(4,5)13-7-8(9,10)11/h6-7H2,1-5H3. The van der Waals surface area contributed by atoms with E-state index in [-0.39, 0.29) is 0 Å². The van der Waals surface area contributed by atoms with Crippen molar-refractivity contribution in [3.05, 3.63) is 0 Å². The average molecular weight is 276 g/mol. The topological polar surface area (TPSA) is 27.7 Å². The summed E-state index contributed by atoms with van der Waals surface area (Å²) in [6.45, 7) is 7.82. The molecule has 0 aromatic rings. The second-order valence-corrected chi connectivity index (χ2v) is 11.2. The summed E-state index contributed by atoms with van der Waals surface area (Å²) in [6, 6.07) is 0. The Hall–Kier alpha value is 0.104. The van der Waals surface area contributed by atoms with Gasteiger partial charge in [0.25, 0.3) is 0 Å². The predicted molar refractivity (Wildman–Crippen MR) is 59.7 cm³/mol. The van der Waals surface area contributed by atoms with Gasteiger partial charge in [-0.2, -0.15) is 13.2 Å². The Balaban J connectivity index is 4.23. The molecule has 0 atom stereocenters. The number of alkyl halides is 3. The summed E-state index contributed by atoms with van der Waals surface area (Å²) in [5.74, 6) is 0. The number of rotatable bonds is 6. The molecule has 0 amide bonds. The molecule has 0 aromatic carbocycles. The lowest BCUT2D eigenvalue weighted by Gasteiger charge is -2.32. The second kappa shape index (κ2) is 5.63. The average Bonchev–Trinajstić information content (AvgIpc) is 1.97. The van der Waals surface area contributed by atoms with Crippen LogP contribution in [0.2, 0.25) is 26.2 Å². The zero-order chi connectivity index (χ0) is 13.0. The first-order chi connectivity index (χ1) is 6.97. The molecule has 0 radical (unpaired) electrons. The molecule has 98 valence electrons. The van der Waals surface area contributed by atoms with E-state index in [1.54, 1.807) is 26.2 Å². The number of hydrogen-bond acceptors (Lipinski definition) is 3. The Morgan fingerprint density at radius 3 is 1.75 bits per heavy atom. The van der Waals surface area contributed by atoms with Crippen molar-refractivity contribution in [2.75, 3.05) is 13.2 Å². The van der Waals surface area contributed by atoms with Gasteiger partial charge >= 0.3 is 23.3 Å². The first-order valence-electron chi connectivity index (χ1n) is 5.02. The first kappa shape index (κ1) is 16.1. The summed E-state index contributed by atoms with van der Waals surface area (Å²) in [4.78, 5) is 0. The van der Waals surface area contributed by atoms with Crippen LogP contribution in [0.3, 0.4) is 0 Å². The van der Waals surface area contributed by atoms with E-state index in [1.165, 1.54) is 0 Å². The number of hydrogen-bond donors (Lipinski definition) is 0. The van der Waals surface area contributed by atoms with Crippen molar-refractivity contribution in [2.45, 2.75) is 39.3 Å². The third kappa shape index (κ3) is 8.28. The van der Waals surface area contributed by atoms with Crippen molar-refractivity contribution in [3.63, 3.8) is 0 Å². The summed E-state index contributed by atoms with van der Waals surface area (Å²) >= 11 is 0. The molecule has 0 spiro atoms. The fourth-order valence-electron chi connectivity index (χ4n) is 1.25. The molecule has 8 heteroatoms. The highest BCUT2D eigenvalue weighted by molar-refractivity contribution is 6.78. The van der Waals surface area contributed by atoms with Gasteiger partial charge < -0.3 is 13.0 Å². The van der Waals surface area contributed by atoms with Gasteiger partial charge in [0, 0.05) is 6.61 Å². The van der Waals surface area contributed by atoms with E-state index in [4.69, 9.17) is 13.0 Å². The van der Waals surface area contributed by atoms with Crippen LogP contribution in [0.15, 0.2) is 0 Å². The fourth-order valence-corrected chi connectivity index (χ4v) is 7.67. The van der Waals surface area contributed by atoms with Crippen molar-refractivity contribution in [3.8, 4) is 0 Å². The van der Waals surface area contributed by atoms with Crippen LogP contribution in [0, 0.1) is 0 Å². The lowest BCUT2D eigenvalue weighted by Crippen LogP contribution is -2.49. The van der Waals surface area contributed by atoms with Crippen molar-refractivity contribution >= 4 is 17.1 Å². The van der Waals surface area contributed by atoms with Crippen LogP contribution < -0.4 is 0 Å². The van der Waals surface area contributed by atoms with Crippen LogP contribution in [-0.2, 0) is 13.0 Å². The molecule has 0 heterocycles. The smallest absolute Gasteiger partial charge is 0.410 e. The third-order valence-electron chi connectivity index (χ3n) is 1.57. The van der Waals surface area contributed by atoms with Crippen molar-refractivity contribution in [1.82, 2.24) is 0 Å². The molecule has 0 aliphatic heterocycles. The van der Waals surface area contributed by atoms with Crippen LogP contribution >= 0.6 is 0 Å². The van der Waals surface area contributed by atoms with E-state index < -0.39 is 29.9 Å². The third-order valence-corrected chi connectivity index (χ3v) is 7.32. The Bertz CT molecular complexity index is 219. The molecular formula is C8H19F3O3Si2. The van der Waals surface area contributed by atoms with Crippen molar-refractivity contribution < 1.29 is 26.1 Å². The van der Waals surface area contributed by atoms with Gasteiger partial charge in [-0.25, -0.2) is 0 Å². The first-order valence-corrected chi connectivity index (χ1v) is 10.7. The van der Waals surface area contributed by atoms with Crippen LogP contribution in [0.5, 0.6) is 0 Å². The minimum Gasteiger partial charge on any atom is -0.415 e. The minimum absolute atomic E-state index is 0.489. The minimum atomic E-state index is -4.31. The molecule has 0 saturated heterocycles. The van der Waals surface area contributed by atoms with Gasteiger partial charge in [-0.15, -0.1) is 0 Å². The van der Waals surface area contributed by atoms with Gasteiger partial charge in [0.05, 0.1) is 0 Å². The Labute approximate surface area is 96.4 Å². The molecule has 0 unspecified atom stereocenters. The molecule has 0 bridgehead atoms. The highest BCUT2D eigenvalue weighted by Crippen LogP contribution is 2.21. The van der Waals surface area contributed by atoms with Crippen LogP contribution in [0.25, 0.3) is 0 Å². The van der Waals surface area contributed by atoms with Crippen molar-refractivity contribution in [1.29, 1.82) is 0 Å². The van der Waals surface area contributed by atoms with E-state index in [2.05, 4.69) is 0 Å². The van der Waals surface area contributed by atoms with E-state index in [0.29, 0.717) is 6.61 Å². The molecule has 0 aliphatic rings. The van der Waals surface area contributed by atoms with Gasteiger partial charge in [0.2, 0.25) is 0 Å². The normalized spacial score (nSPS) is 14.2. The van der Waals surface area contributed by atoms with Gasteiger partial charge in [-0.05, 0) is 33.1 Å². The summed E-state index contributed by atoms with van der Waals surface area (Å²) < 4.78 is 51.8. The van der Waals surface area contributed by atoms with Gasteiger partial charge in [0.15, 0.2) is 0 Å². The molecular weight excluding hydrogens is 257 g/mol. The maximum absolute atomic E-state index is 12.0. The second-order valence-electron chi connectivity index (χ2n) is 4.24. The van der Waals surface area contributed by atoms with Crippen molar-refractivity contribution in [2.24, 2.45) is 0 Å². The fraction of sp³-hybridized carbons (Fsp3) is 1.00. The van der Waals surface area contributed by atoms with Gasteiger partial charge in [0.1, 0.15) is 6.61 Å². The lowest BCUT2D eigenvalue weighted by molar-refractivity contribution is -0.157. The van der Waals surface area contributed by atoms with Crippen LogP contribution in [0.4, 0.5) is 13.2 Å². The summed E-state index contributed by atoms with van der Waals surface area (Å²) in [5, 5.41) is 0. The van der Waals surface area contributed by atoms with E-state index >= 15 is 0 Å². The Kier molecular flexibility index (Phi) is 5.66. The maximum atomic E-state index is 12.0. The molecule has 0 aromatic heterocycles. The Morgan fingerprint density at radius 1 is 0.938 bits per heavy atom. The monoisotopic (exact) mass is 276 g/mol. The molecule has 0 aliphatic carbocycles.